The lowest BCUT2D eigenvalue weighted by molar-refractivity contribution is 0.101. The van der Waals surface area contributed by atoms with E-state index in [0.29, 0.717) is 23.6 Å². The molecule has 1 heterocycles. The normalized spacial score (nSPS) is 10.2. The van der Waals surface area contributed by atoms with Crippen LogP contribution in [0.2, 0.25) is 0 Å². The van der Waals surface area contributed by atoms with Crippen molar-refractivity contribution >= 4 is 11.5 Å². The Morgan fingerprint density at radius 3 is 2.79 bits per heavy atom. The summed E-state index contributed by atoms with van der Waals surface area (Å²) in [5, 5.41) is 0. The maximum absolute atomic E-state index is 11.2. The van der Waals surface area contributed by atoms with E-state index < -0.39 is 0 Å². The lowest BCUT2D eigenvalue weighted by Gasteiger charge is -2.08. The lowest BCUT2D eigenvalue weighted by Crippen LogP contribution is -2.04. The molecule has 1 aromatic carbocycles. The first-order valence-corrected chi connectivity index (χ1v) is 6.10. The largest absolute Gasteiger partial charge is 0.493 e. The minimum absolute atomic E-state index is 0.0439. The van der Waals surface area contributed by atoms with Gasteiger partial charge in [0.1, 0.15) is 5.75 Å². The summed E-state index contributed by atoms with van der Waals surface area (Å²) in [7, 11) is 0. The predicted octanol–water partition coefficient (Wildman–Crippen LogP) is 2.49. The summed E-state index contributed by atoms with van der Waals surface area (Å²) in [6.07, 6.45) is 2.49. The minimum Gasteiger partial charge on any atom is -0.493 e. The third-order valence-electron chi connectivity index (χ3n) is 2.76. The van der Waals surface area contributed by atoms with Crippen molar-refractivity contribution in [3.05, 3.63) is 53.9 Å². The molecule has 0 unspecified atom stereocenters. The molecule has 0 aliphatic rings. The van der Waals surface area contributed by atoms with Crippen LogP contribution in [0.3, 0.4) is 0 Å². The molecule has 0 spiro atoms. The molecule has 1 aromatic heterocycles. The smallest absolute Gasteiger partial charge is 0.161 e. The number of hydrogen-bond acceptors (Lipinski definition) is 4. The summed E-state index contributed by atoms with van der Waals surface area (Å²) in [4.78, 5) is 15.5. The van der Waals surface area contributed by atoms with Gasteiger partial charge in [-0.25, -0.2) is 0 Å². The fraction of sp³-hybridized carbons (Fsp3) is 0.200. The second kappa shape index (κ2) is 6.00. The van der Waals surface area contributed by atoms with Crippen LogP contribution in [0.15, 0.2) is 42.6 Å². The lowest BCUT2D eigenvalue weighted by atomic mass is 10.1. The zero-order chi connectivity index (χ0) is 13.7. The first-order chi connectivity index (χ1) is 9.16. The van der Waals surface area contributed by atoms with Crippen molar-refractivity contribution in [2.24, 2.45) is 0 Å². The van der Waals surface area contributed by atoms with Crippen molar-refractivity contribution in [3.8, 4) is 5.75 Å². The molecule has 0 fully saturated rings. The topological polar surface area (TPSA) is 65.2 Å². The van der Waals surface area contributed by atoms with Gasteiger partial charge < -0.3 is 10.5 Å². The van der Waals surface area contributed by atoms with Crippen molar-refractivity contribution in [1.82, 2.24) is 4.98 Å². The summed E-state index contributed by atoms with van der Waals surface area (Å²) in [6.45, 7) is 2.02. The Morgan fingerprint density at radius 2 is 2.16 bits per heavy atom. The number of ketones is 1. The van der Waals surface area contributed by atoms with Gasteiger partial charge in [-0.1, -0.05) is 6.07 Å². The second-order valence-corrected chi connectivity index (χ2v) is 4.22. The summed E-state index contributed by atoms with van der Waals surface area (Å²) >= 11 is 0. The number of ether oxygens (including phenoxy) is 1. The number of nitrogens with two attached hydrogens (primary N) is 1. The van der Waals surface area contributed by atoms with E-state index in [1.54, 1.807) is 24.4 Å². The van der Waals surface area contributed by atoms with Crippen LogP contribution in [-0.2, 0) is 6.42 Å². The van der Waals surface area contributed by atoms with Crippen LogP contribution in [0.5, 0.6) is 5.75 Å². The fourth-order valence-electron chi connectivity index (χ4n) is 1.77. The Labute approximate surface area is 112 Å². The number of carbonyl (C=O) groups excluding carboxylic acids is 1. The molecule has 4 heteroatoms. The van der Waals surface area contributed by atoms with E-state index in [-0.39, 0.29) is 5.78 Å². The van der Waals surface area contributed by atoms with Gasteiger partial charge >= 0.3 is 0 Å². The highest BCUT2D eigenvalue weighted by Gasteiger charge is 2.05. The van der Waals surface area contributed by atoms with Crippen LogP contribution in [0.4, 0.5) is 5.69 Å². The molecule has 2 aromatic rings. The molecular weight excluding hydrogens is 240 g/mol. The number of hydrogen-bond donors (Lipinski definition) is 1. The molecule has 0 amide bonds. The number of nitrogens with zero attached hydrogens (tertiary/aromatic N) is 1. The molecule has 0 aliphatic carbocycles. The maximum atomic E-state index is 11.2. The van der Waals surface area contributed by atoms with E-state index in [9.17, 15) is 4.79 Å². The van der Waals surface area contributed by atoms with E-state index in [4.69, 9.17) is 10.5 Å². The molecule has 0 saturated heterocycles. The van der Waals surface area contributed by atoms with Gasteiger partial charge in [-0.05, 0) is 31.2 Å². The number of Topliss-reactive ketones (excluding diaryl/α,β-unsaturated/α-hetero) is 1. The fourth-order valence-corrected chi connectivity index (χ4v) is 1.77. The number of pyridine rings is 1. The maximum Gasteiger partial charge on any atom is 0.161 e. The van der Waals surface area contributed by atoms with E-state index in [1.165, 1.54) is 6.92 Å². The first-order valence-electron chi connectivity index (χ1n) is 6.10. The van der Waals surface area contributed by atoms with E-state index >= 15 is 0 Å². The average molecular weight is 256 g/mol. The minimum atomic E-state index is -0.0439. The summed E-state index contributed by atoms with van der Waals surface area (Å²) in [5.74, 6) is 0.621. The van der Waals surface area contributed by atoms with Gasteiger partial charge in [-0.3, -0.25) is 9.78 Å². The quantitative estimate of drug-likeness (QED) is 0.659. The highest BCUT2D eigenvalue weighted by Crippen LogP contribution is 2.20. The molecule has 0 atom stereocenters. The van der Waals surface area contributed by atoms with Gasteiger partial charge in [0.05, 0.1) is 6.61 Å². The molecule has 2 rings (SSSR count). The van der Waals surface area contributed by atoms with Gasteiger partial charge in [-0.2, -0.15) is 0 Å². The molecule has 4 nitrogen and oxygen atoms in total. The van der Waals surface area contributed by atoms with E-state index in [2.05, 4.69) is 4.98 Å². The van der Waals surface area contributed by atoms with Crippen LogP contribution < -0.4 is 10.5 Å². The SMILES string of the molecule is CC(=O)c1ccc(OCCc2ccccn2)cc1N. The van der Waals surface area contributed by atoms with E-state index in [1.807, 2.05) is 18.2 Å². The zero-order valence-electron chi connectivity index (χ0n) is 10.8. The van der Waals surface area contributed by atoms with Gasteiger partial charge in [-0.15, -0.1) is 0 Å². The summed E-state index contributed by atoms with van der Waals surface area (Å²) in [5.41, 5.74) is 7.75. The molecule has 0 radical (unpaired) electrons. The first kappa shape index (κ1) is 13.1. The number of aromatic nitrogens is 1. The van der Waals surface area contributed by atoms with Crippen LogP contribution in [-0.4, -0.2) is 17.4 Å². The van der Waals surface area contributed by atoms with Crippen molar-refractivity contribution in [3.63, 3.8) is 0 Å². The van der Waals surface area contributed by atoms with Crippen molar-refractivity contribution in [2.45, 2.75) is 13.3 Å². The third-order valence-corrected chi connectivity index (χ3v) is 2.76. The number of carbonyl (C=O) groups is 1. The molecular formula is C15H16N2O2. The Bertz CT molecular complexity index is 568. The van der Waals surface area contributed by atoms with Crippen LogP contribution in [0.1, 0.15) is 23.0 Å². The molecule has 0 aliphatic heterocycles. The highest BCUT2D eigenvalue weighted by atomic mass is 16.5. The van der Waals surface area contributed by atoms with Gasteiger partial charge in [0.2, 0.25) is 0 Å². The van der Waals surface area contributed by atoms with Crippen molar-refractivity contribution in [1.29, 1.82) is 0 Å². The summed E-state index contributed by atoms with van der Waals surface area (Å²) < 4.78 is 5.59. The molecule has 19 heavy (non-hydrogen) atoms. The Hall–Kier alpha value is -2.36. The van der Waals surface area contributed by atoms with Crippen LogP contribution >= 0.6 is 0 Å². The number of nitrogen functional groups attached to an aromatic ring is 1. The molecule has 0 bridgehead atoms. The monoisotopic (exact) mass is 256 g/mol. The predicted molar refractivity (Wildman–Crippen MR) is 74.3 cm³/mol. The van der Waals surface area contributed by atoms with Crippen LogP contribution in [0, 0.1) is 0 Å². The second-order valence-electron chi connectivity index (χ2n) is 4.22. The number of anilines is 1. The third kappa shape index (κ3) is 3.55. The Morgan fingerprint density at radius 1 is 1.32 bits per heavy atom. The summed E-state index contributed by atoms with van der Waals surface area (Å²) in [6, 6.07) is 10.9. The van der Waals surface area contributed by atoms with Gasteiger partial charge in [0, 0.05) is 35.6 Å². The standard InChI is InChI=1S/C15H16N2O2/c1-11(18)14-6-5-13(10-15(14)16)19-9-7-12-4-2-3-8-17-12/h2-6,8,10H,7,9,16H2,1H3. The highest BCUT2D eigenvalue weighted by molar-refractivity contribution is 5.99. The molecule has 2 N–H and O–H groups in total. The van der Waals surface area contributed by atoms with Crippen LogP contribution in [0.25, 0.3) is 0 Å². The van der Waals surface area contributed by atoms with Gasteiger partial charge in [0.25, 0.3) is 0 Å². The zero-order valence-corrected chi connectivity index (χ0v) is 10.8. The van der Waals surface area contributed by atoms with Crippen molar-refractivity contribution < 1.29 is 9.53 Å². The number of benzene rings is 1. The number of rotatable bonds is 5. The van der Waals surface area contributed by atoms with E-state index in [0.717, 1.165) is 12.1 Å². The Kier molecular flexibility index (Phi) is 4.13. The Balaban J connectivity index is 1.93. The molecule has 98 valence electrons. The average Bonchev–Trinajstić information content (AvgIpc) is 2.39. The van der Waals surface area contributed by atoms with Crippen molar-refractivity contribution in [2.75, 3.05) is 12.3 Å². The molecule has 0 saturated carbocycles. The van der Waals surface area contributed by atoms with Gasteiger partial charge in [0.15, 0.2) is 5.78 Å².